The van der Waals surface area contributed by atoms with Crippen LogP contribution in [0.5, 0.6) is 0 Å². The summed E-state index contributed by atoms with van der Waals surface area (Å²) >= 11 is 0. The van der Waals surface area contributed by atoms with Gasteiger partial charge in [0.2, 0.25) is 5.91 Å². The summed E-state index contributed by atoms with van der Waals surface area (Å²) in [6.07, 6.45) is 2.54. The van der Waals surface area contributed by atoms with Crippen LogP contribution >= 0.6 is 0 Å². The van der Waals surface area contributed by atoms with Gasteiger partial charge in [-0.1, -0.05) is 55.5 Å². The van der Waals surface area contributed by atoms with Gasteiger partial charge in [-0.2, -0.15) is 5.10 Å². The Balaban J connectivity index is 1.49. The smallest absolute Gasteiger partial charge is 0.275 e. The number of hydrogen-bond donors (Lipinski definition) is 0. The predicted molar refractivity (Wildman–Crippen MR) is 117 cm³/mol. The molecule has 2 aromatic heterocycles. The molecule has 0 N–H and O–H groups in total. The molecule has 0 aliphatic carbocycles. The summed E-state index contributed by atoms with van der Waals surface area (Å²) in [6.45, 7) is 2.76. The van der Waals surface area contributed by atoms with Crippen molar-refractivity contribution in [1.29, 1.82) is 0 Å². The highest BCUT2D eigenvalue weighted by atomic mass is 16.2. The summed E-state index contributed by atoms with van der Waals surface area (Å²) in [5.41, 5.74) is 3.15. The molecule has 0 saturated carbocycles. The quantitative estimate of drug-likeness (QED) is 0.516. The van der Waals surface area contributed by atoms with Crippen molar-refractivity contribution in [3.8, 4) is 11.3 Å². The van der Waals surface area contributed by atoms with Gasteiger partial charge in [-0.15, -0.1) is 0 Å². The third-order valence-corrected chi connectivity index (χ3v) is 5.57. The van der Waals surface area contributed by atoms with E-state index in [-0.39, 0.29) is 18.0 Å². The standard InChI is InChI=1S/C24H21N5O2/c1-2-21-25-12-17-13-28(14-20(17)26-21)22(30)15-29-24(31)19-11-7-6-10-18(19)23(27-29)16-8-4-3-5-9-16/h3-12H,2,13-15H2,1H3. The van der Waals surface area contributed by atoms with Crippen molar-refractivity contribution in [3.05, 3.63) is 88.2 Å². The zero-order valence-corrected chi connectivity index (χ0v) is 17.2. The van der Waals surface area contributed by atoms with Crippen molar-refractivity contribution in [2.24, 2.45) is 0 Å². The van der Waals surface area contributed by atoms with Gasteiger partial charge in [0.15, 0.2) is 0 Å². The number of fused-ring (bicyclic) bond motifs is 2. The highest BCUT2D eigenvalue weighted by Gasteiger charge is 2.26. The fraction of sp³-hybridized carbons (Fsp3) is 0.208. The van der Waals surface area contributed by atoms with Gasteiger partial charge in [-0.3, -0.25) is 9.59 Å². The molecule has 1 amide bonds. The van der Waals surface area contributed by atoms with Gasteiger partial charge in [0.1, 0.15) is 12.4 Å². The Kier molecular flexibility index (Phi) is 4.78. The van der Waals surface area contributed by atoms with Crippen LogP contribution < -0.4 is 5.56 Å². The van der Waals surface area contributed by atoms with Crippen LogP contribution in [0.1, 0.15) is 24.0 Å². The Hall–Kier alpha value is -3.87. The molecular formula is C24H21N5O2. The second-order valence-electron chi connectivity index (χ2n) is 7.58. The minimum absolute atomic E-state index is 0.119. The number of aryl methyl sites for hydroxylation is 1. The molecule has 0 fully saturated rings. The number of rotatable bonds is 4. The van der Waals surface area contributed by atoms with Gasteiger partial charge in [0, 0.05) is 35.7 Å². The summed E-state index contributed by atoms with van der Waals surface area (Å²) in [5, 5.41) is 5.91. The molecule has 7 nitrogen and oxygen atoms in total. The Bertz CT molecular complexity index is 1350. The lowest BCUT2D eigenvalue weighted by molar-refractivity contribution is -0.132. The molecule has 3 heterocycles. The van der Waals surface area contributed by atoms with E-state index in [1.54, 1.807) is 17.2 Å². The molecule has 0 unspecified atom stereocenters. The van der Waals surface area contributed by atoms with Gasteiger partial charge >= 0.3 is 0 Å². The molecule has 2 aromatic carbocycles. The van der Waals surface area contributed by atoms with E-state index in [0.717, 1.165) is 34.5 Å². The monoisotopic (exact) mass is 411 g/mol. The summed E-state index contributed by atoms with van der Waals surface area (Å²) in [7, 11) is 0. The second kappa shape index (κ2) is 7.75. The zero-order chi connectivity index (χ0) is 21.4. The average molecular weight is 411 g/mol. The lowest BCUT2D eigenvalue weighted by Gasteiger charge is -2.16. The maximum atomic E-state index is 13.1. The first-order valence-corrected chi connectivity index (χ1v) is 10.3. The predicted octanol–water partition coefficient (Wildman–Crippen LogP) is 2.96. The molecule has 5 rings (SSSR count). The molecule has 0 spiro atoms. The van der Waals surface area contributed by atoms with Crippen LogP contribution in [0.25, 0.3) is 22.0 Å². The lowest BCUT2D eigenvalue weighted by atomic mass is 10.1. The third kappa shape index (κ3) is 3.48. The van der Waals surface area contributed by atoms with Gasteiger partial charge in [-0.25, -0.2) is 14.6 Å². The minimum atomic E-state index is -0.270. The molecule has 0 radical (unpaired) electrons. The summed E-state index contributed by atoms with van der Waals surface area (Å²) in [6, 6.07) is 17.1. The van der Waals surface area contributed by atoms with Crippen molar-refractivity contribution in [2.45, 2.75) is 33.0 Å². The van der Waals surface area contributed by atoms with Crippen molar-refractivity contribution in [1.82, 2.24) is 24.6 Å². The largest absolute Gasteiger partial charge is 0.331 e. The average Bonchev–Trinajstić information content (AvgIpc) is 3.25. The van der Waals surface area contributed by atoms with Crippen LogP contribution in [0.15, 0.2) is 65.6 Å². The van der Waals surface area contributed by atoms with Gasteiger partial charge in [0.25, 0.3) is 5.56 Å². The number of benzene rings is 2. The fourth-order valence-electron chi connectivity index (χ4n) is 3.92. The Labute approximate surface area is 179 Å². The van der Waals surface area contributed by atoms with Crippen molar-refractivity contribution in [2.75, 3.05) is 0 Å². The van der Waals surface area contributed by atoms with Crippen LogP contribution in [0.3, 0.4) is 0 Å². The molecular weight excluding hydrogens is 390 g/mol. The third-order valence-electron chi connectivity index (χ3n) is 5.57. The van der Waals surface area contributed by atoms with Crippen molar-refractivity contribution >= 4 is 16.7 Å². The second-order valence-corrected chi connectivity index (χ2v) is 7.58. The van der Waals surface area contributed by atoms with E-state index in [2.05, 4.69) is 15.1 Å². The number of nitrogens with zero attached hydrogens (tertiary/aromatic N) is 5. The van der Waals surface area contributed by atoms with E-state index in [9.17, 15) is 9.59 Å². The molecule has 0 atom stereocenters. The highest BCUT2D eigenvalue weighted by molar-refractivity contribution is 5.93. The van der Waals surface area contributed by atoms with Crippen LogP contribution in [0.4, 0.5) is 0 Å². The summed E-state index contributed by atoms with van der Waals surface area (Å²) < 4.78 is 1.28. The van der Waals surface area contributed by atoms with E-state index < -0.39 is 0 Å². The van der Waals surface area contributed by atoms with Crippen LogP contribution in [-0.2, 0) is 30.8 Å². The molecule has 0 bridgehead atoms. The number of aromatic nitrogens is 4. The molecule has 1 aliphatic heterocycles. The number of carbonyl (C=O) groups is 1. The topological polar surface area (TPSA) is 81.0 Å². The highest BCUT2D eigenvalue weighted by Crippen LogP contribution is 2.25. The van der Waals surface area contributed by atoms with E-state index in [0.29, 0.717) is 24.2 Å². The number of carbonyl (C=O) groups excluding carboxylic acids is 1. The Morgan fingerprint density at radius 2 is 1.74 bits per heavy atom. The first kappa shape index (κ1) is 19.1. The lowest BCUT2D eigenvalue weighted by Crippen LogP contribution is -2.34. The molecule has 0 saturated heterocycles. The molecule has 7 heteroatoms. The molecule has 31 heavy (non-hydrogen) atoms. The SMILES string of the molecule is CCc1ncc2c(n1)CN(C(=O)Cn1nc(-c3ccccc3)c3ccccc3c1=O)C2. The Morgan fingerprint density at radius 1 is 1.00 bits per heavy atom. The minimum Gasteiger partial charge on any atom is -0.331 e. The van der Waals surface area contributed by atoms with Crippen LogP contribution in [-0.4, -0.2) is 30.6 Å². The Morgan fingerprint density at radius 3 is 2.52 bits per heavy atom. The normalized spacial score (nSPS) is 12.9. The molecule has 4 aromatic rings. The van der Waals surface area contributed by atoms with Crippen molar-refractivity contribution < 1.29 is 4.79 Å². The maximum absolute atomic E-state index is 13.1. The van der Waals surface area contributed by atoms with E-state index in [1.807, 2.05) is 55.5 Å². The first-order valence-electron chi connectivity index (χ1n) is 10.3. The van der Waals surface area contributed by atoms with Crippen molar-refractivity contribution in [3.63, 3.8) is 0 Å². The molecule has 1 aliphatic rings. The first-order chi connectivity index (χ1) is 15.1. The summed E-state index contributed by atoms with van der Waals surface area (Å²) in [4.78, 5) is 36.7. The van der Waals surface area contributed by atoms with Gasteiger partial charge in [0.05, 0.1) is 23.3 Å². The van der Waals surface area contributed by atoms with Crippen LogP contribution in [0, 0.1) is 0 Å². The van der Waals surface area contributed by atoms with E-state index in [1.165, 1.54) is 4.68 Å². The van der Waals surface area contributed by atoms with Crippen LogP contribution in [0.2, 0.25) is 0 Å². The van der Waals surface area contributed by atoms with Gasteiger partial charge < -0.3 is 4.90 Å². The maximum Gasteiger partial charge on any atom is 0.275 e. The van der Waals surface area contributed by atoms with E-state index >= 15 is 0 Å². The number of amides is 1. The zero-order valence-electron chi connectivity index (χ0n) is 17.2. The molecule has 154 valence electrons. The van der Waals surface area contributed by atoms with E-state index in [4.69, 9.17) is 0 Å². The fourth-order valence-corrected chi connectivity index (χ4v) is 3.92. The summed E-state index contributed by atoms with van der Waals surface area (Å²) in [5.74, 6) is 0.605. The number of hydrogen-bond acceptors (Lipinski definition) is 5. The van der Waals surface area contributed by atoms with Gasteiger partial charge in [-0.05, 0) is 6.07 Å².